The van der Waals surface area contributed by atoms with Gasteiger partial charge >= 0.3 is 0 Å². The summed E-state index contributed by atoms with van der Waals surface area (Å²) in [5.41, 5.74) is 0.669. The second-order valence-corrected chi connectivity index (χ2v) is 6.76. The molecule has 0 fully saturated rings. The van der Waals surface area contributed by atoms with Crippen molar-refractivity contribution < 1.29 is 9.47 Å². The highest BCUT2D eigenvalue weighted by Crippen LogP contribution is 2.31. The average Bonchev–Trinajstić information content (AvgIpc) is 3.03. The van der Waals surface area contributed by atoms with Gasteiger partial charge in [-0.15, -0.1) is 11.3 Å². The topological polar surface area (TPSA) is 67.5 Å². The van der Waals surface area contributed by atoms with Gasteiger partial charge in [0, 0.05) is 6.54 Å². The number of hydrogen-bond acceptors (Lipinski definition) is 6. The second-order valence-electron chi connectivity index (χ2n) is 5.84. The third-order valence-corrected chi connectivity index (χ3v) is 4.77. The van der Waals surface area contributed by atoms with Gasteiger partial charge in [0.2, 0.25) is 0 Å². The van der Waals surface area contributed by atoms with Crippen molar-refractivity contribution in [2.45, 2.75) is 12.6 Å². The summed E-state index contributed by atoms with van der Waals surface area (Å²) in [6.07, 6.45) is -0.0542. The van der Waals surface area contributed by atoms with Crippen LogP contribution in [0.5, 0.6) is 11.5 Å². The maximum Gasteiger partial charge on any atom is 0.268 e. The molecule has 2 aromatic heterocycles. The maximum absolute atomic E-state index is 12.0. The van der Waals surface area contributed by atoms with Crippen LogP contribution in [0.4, 0.5) is 0 Å². The molecule has 4 rings (SSSR count). The number of thiophene rings is 1. The van der Waals surface area contributed by atoms with Crippen LogP contribution < -0.4 is 15.0 Å². The Morgan fingerprint density at radius 3 is 3.04 bits per heavy atom. The van der Waals surface area contributed by atoms with Gasteiger partial charge in [0.1, 0.15) is 23.2 Å². The smallest absolute Gasteiger partial charge is 0.268 e. The fraction of sp³-hybridized carbons (Fsp3) is 0.294. The minimum absolute atomic E-state index is 0.0542. The van der Waals surface area contributed by atoms with Crippen LogP contribution in [-0.2, 0) is 6.54 Å². The summed E-state index contributed by atoms with van der Waals surface area (Å²) in [5, 5.41) is 1.88. The summed E-state index contributed by atoms with van der Waals surface area (Å²) < 4.78 is 12.4. The van der Waals surface area contributed by atoms with Crippen LogP contribution in [-0.4, -0.2) is 41.2 Å². The molecule has 0 bridgehead atoms. The number of nitrogens with one attached hydrogen (secondary N) is 1. The van der Waals surface area contributed by atoms with E-state index in [0.29, 0.717) is 30.2 Å². The lowest BCUT2D eigenvalue weighted by Gasteiger charge is -2.29. The molecule has 3 aromatic rings. The lowest BCUT2D eigenvalue weighted by molar-refractivity contribution is 0.0632. The number of hydrogen-bond donors (Lipinski definition) is 1. The van der Waals surface area contributed by atoms with Crippen LogP contribution >= 0.6 is 11.3 Å². The van der Waals surface area contributed by atoms with Gasteiger partial charge in [-0.2, -0.15) is 0 Å². The molecule has 0 saturated carbocycles. The molecule has 1 N–H and O–H groups in total. The molecule has 0 aliphatic carbocycles. The lowest BCUT2D eigenvalue weighted by atomic mass is 10.2. The van der Waals surface area contributed by atoms with E-state index >= 15 is 0 Å². The number of ether oxygens (including phenoxy) is 2. The monoisotopic (exact) mass is 343 g/mol. The zero-order chi connectivity index (χ0) is 16.5. The maximum atomic E-state index is 12.0. The zero-order valence-electron chi connectivity index (χ0n) is 13.2. The molecule has 1 aromatic carbocycles. The van der Waals surface area contributed by atoms with Gasteiger partial charge in [0.25, 0.3) is 5.56 Å². The van der Waals surface area contributed by atoms with Crippen LogP contribution in [0.3, 0.4) is 0 Å². The number of aromatic amines is 1. The number of benzene rings is 1. The van der Waals surface area contributed by atoms with Crippen molar-refractivity contribution >= 4 is 21.6 Å². The number of H-pyrrole nitrogens is 1. The fourth-order valence-corrected chi connectivity index (χ4v) is 3.54. The highest BCUT2D eigenvalue weighted by atomic mass is 32.1. The van der Waals surface area contributed by atoms with E-state index in [0.717, 1.165) is 17.0 Å². The summed E-state index contributed by atoms with van der Waals surface area (Å²) in [6, 6.07) is 9.54. The fourth-order valence-electron chi connectivity index (χ4n) is 2.82. The van der Waals surface area contributed by atoms with E-state index < -0.39 is 0 Å². The largest absolute Gasteiger partial charge is 0.486 e. The Morgan fingerprint density at radius 2 is 2.17 bits per heavy atom. The Bertz CT molecular complexity index is 921. The van der Waals surface area contributed by atoms with Crippen LogP contribution in [0.15, 0.2) is 40.5 Å². The van der Waals surface area contributed by atoms with E-state index in [-0.39, 0.29) is 11.7 Å². The molecule has 24 heavy (non-hydrogen) atoms. The standard InChI is InChI=1S/C17H17N3O3S/c1-20(8-11-10-22-13-4-2-3-5-14(13)23-11)9-15-18-12-6-7-24-16(12)17(21)19-15/h2-7,11H,8-10H2,1H3,(H,18,19,21)/t11-/m1/s1. The molecule has 6 nitrogen and oxygen atoms in total. The number of likely N-dealkylation sites (N-methyl/N-ethyl adjacent to an activating group) is 1. The van der Waals surface area contributed by atoms with E-state index in [1.54, 1.807) is 0 Å². The van der Waals surface area contributed by atoms with E-state index in [2.05, 4.69) is 14.9 Å². The molecule has 7 heteroatoms. The zero-order valence-corrected chi connectivity index (χ0v) is 14.0. The lowest BCUT2D eigenvalue weighted by Crippen LogP contribution is -2.39. The van der Waals surface area contributed by atoms with Gasteiger partial charge in [-0.3, -0.25) is 9.69 Å². The normalized spacial score (nSPS) is 16.7. The van der Waals surface area contributed by atoms with Gasteiger partial charge in [0.15, 0.2) is 11.5 Å². The van der Waals surface area contributed by atoms with Crippen LogP contribution in [0, 0.1) is 0 Å². The summed E-state index contributed by atoms with van der Waals surface area (Å²) in [6.45, 7) is 1.73. The molecule has 3 heterocycles. The van der Waals surface area contributed by atoms with Crippen LogP contribution in [0.1, 0.15) is 5.82 Å². The van der Waals surface area contributed by atoms with Crippen molar-refractivity contribution in [2.24, 2.45) is 0 Å². The van der Waals surface area contributed by atoms with Crippen LogP contribution in [0.2, 0.25) is 0 Å². The van der Waals surface area contributed by atoms with Gasteiger partial charge in [-0.1, -0.05) is 12.1 Å². The molecule has 1 aliphatic heterocycles. The Morgan fingerprint density at radius 1 is 1.33 bits per heavy atom. The molecular formula is C17H17N3O3S. The predicted molar refractivity (Wildman–Crippen MR) is 92.9 cm³/mol. The third-order valence-electron chi connectivity index (χ3n) is 3.87. The van der Waals surface area contributed by atoms with E-state index in [1.807, 2.05) is 42.8 Å². The Labute approximate surface area is 142 Å². The summed E-state index contributed by atoms with van der Waals surface area (Å²) in [4.78, 5) is 21.4. The van der Waals surface area contributed by atoms with Gasteiger partial charge in [-0.05, 0) is 30.6 Å². The van der Waals surface area contributed by atoms with E-state index in [4.69, 9.17) is 9.47 Å². The van der Waals surface area contributed by atoms with Gasteiger partial charge < -0.3 is 14.5 Å². The number of fused-ring (bicyclic) bond motifs is 2. The molecule has 0 radical (unpaired) electrons. The molecule has 124 valence electrons. The van der Waals surface area contributed by atoms with Crippen molar-refractivity contribution in [3.05, 3.63) is 51.9 Å². The average molecular weight is 343 g/mol. The molecule has 0 amide bonds. The first-order valence-corrected chi connectivity index (χ1v) is 8.60. The Kier molecular flexibility index (Phi) is 3.95. The predicted octanol–water partition coefficient (Wildman–Crippen LogP) is 2.26. The minimum Gasteiger partial charge on any atom is -0.486 e. The quantitative estimate of drug-likeness (QED) is 0.787. The molecule has 1 aliphatic rings. The minimum atomic E-state index is -0.0791. The number of rotatable bonds is 4. The molecular weight excluding hydrogens is 326 g/mol. The number of nitrogens with zero attached hydrogens (tertiary/aromatic N) is 2. The number of aromatic nitrogens is 2. The summed E-state index contributed by atoms with van der Waals surface area (Å²) in [7, 11) is 1.97. The Hall–Kier alpha value is -2.38. The van der Waals surface area contributed by atoms with Gasteiger partial charge in [-0.25, -0.2) is 4.98 Å². The number of para-hydroxylation sites is 2. The van der Waals surface area contributed by atoms with Crippen molar-refractivity contribution in [3.63, 3.8) is 0 Å². The first-order valence-electron chi connectivity index (χ1n) is 7.72. The SMILES string of the molecule is CN(Cc1nc2ccsc2c(=O)[nH]1)C[C@@H]1COc2ccccc2O1. The van der Waals surface area contributed by atoms with Crippen LogP contribution in [0.25, 0.3) is 10.2 Å². The molecule has 0 spiro atoms. The summed E-state index contributed by atoms with van der Waals surface area (Å²) in [5.74, 6) is 2.21. The van der Waals surface area contributed by atoms with Crippen molar-refractivity contribution in [1.82, 2.24) is 14.9 Å². The second kappa shape index (κ2) is 6.26. The Balaban J connectivity index is 1.43. The van der Waals surface area contributed by atoms with Crippen molar-refractivity contribution in [3.8, 4) is 11.5 Å². The van der Waals surface area contributed by atoms with Gasteiger partial charge in [0.05, 0.1) is 12.1 Å². The van der Waals surface area contributed by atoms with Crippen molar-refractivity contribution in [1.29, 1.82) is 0 Å². The van der Waals surface area contributed by atoms with Crippen molar-refractivity contribution in [2.75, 3.05) is 20.2 Å². The highest BCUT2D eigenvalue weighted by molar-refractivity contribution is 7.17. The summed E-state index contributed by atoms with van der Waals surface area (Å²) >= 11 is 1.41. The molecule has 0 unspecified atom stereocenters. The molecule has 1 atom stereocenters. The first kappa shape index (κ1) is 15.2. The first-order chi connectivity index (χ1) is 11.7. The third kappa shape index (κ3) is 3.00. The highest BCUT2D eigenvalue weighted by Gasteiger charge is 2.22. The van der Waals surface area contributed by atoms with E-state index in [9.17, 15) is 4.79 Å². The van der Waals surface area contributed by atoms with E-state index in [1.165, 1.54) is 11.3 Å². The molecule has 0 saturated heterocycles.